The van der Waals surface area contributed by atoms with Gasteiger partial charge in [-0.1, -0.05) is 36.7 Å². The Morgan fingerprint density at radius 1 is 1.17 bits per heavy atom. The van der Waals surface area contributed by atoms with Crippen LogP contribution in [-0.2, 0) is 24.0 Å². The Hall–Kier alpha value is -1.59. The molecular weight excluding hydrogens is 388 g/mol. The summed E-state index contributed by atoms with van der Waals surface area (Å²) in [6.45, 7) is 4.83. The zero-order valence-corrected chi connectivity index (χ0v) is 17.8. The first-order chi connectivity index (χ1) is 14.0. The number of benzene rings is 2. The number of aliphatic hydroxyl groups is 2. The third-order valence-corrected chi connectivity index (χ3v) is 6.59. The van der Waals surface area contributed by atoms with Gasteiger partial charge < -0.3 is 19.7 Å². The van der Waals surface area contributed by atoms with Gasteiger partial charge in [0.2, 0.25) is 0 Å². The lowest BCUT2D eigenvalue weighted by atomic mass is 9.90. The minimum absolute atomic E-state index is 0.0971. The van der Waals surface area contributed by atoms with Gasteiger partial charge in [0, 0.05) is 30.4 Å². The van der Waals surface area contributed by atoms with Crippen molar-refractivity contribution in [2.45, 2.75) is 64.3 Å². The van der Waals surface area contributed by atoms with Crippen LogP contribution >= 0.6 is 11.6 Å². The molecule has 4 rings (SSSR count). The second kappa shape index (κ2) is 8.65. The van der Waals surface area contributed by atoms with Crippen molar-refractivity contribution < 1.29 is 19.7 Å². The van der Waals surface area contributed by atoms with Crippen LogP contribution in [0, 0.1) is 6.92 Å². The maximum absolute atomic E-state index is 10.3. The molecule has 0 amide bonds. The molecule has 2 aliphatic rings. The molecule has 0 radical (unpaired) electrons. The lowest BCUT2D eigenvalue weighted by Gasteiger charge is -2.33. The number of ether oxygens (including phenoxy) is 2. The minimum atomic E-state index is -0.494. The molecule has 3 atom stereocenters. The van der Waals surface area contributed by atoms with Gasteiger partial charge in [-0.05, 0) is 48.1 Å². The van der Waals surface area contributed by atoms with Gasteiger partial charge in [-0.3, -0.25) is 0 Å². The summed E-state index contributed by atoms with van der Waals surface area (Å²) in [5, 5.41) is 20.6. The molecule has 0 aliphatic carbocycles. The van der Waals surface area contributed by atoms with E-state index in [1.54, 1.807) is 0 Å². The average molecular weight is 417 g/mol. The Kier molecular flexibility index (Phi) is 6.16. The van der Waals surface area contributed by atoms with E-state index in [9.17, 15) is 10.2 Å². The third-order valence-electron chi connectivity index (χ3n) is 6.12. The quantitative estimate of drug-likeness (QED) is 0.762. The van der Waals surface area contributed by atoms with Gasteiger partial charge in [0.1, 0.15) is 5.75 Å². The van der Waals surface area contributed by atoms with Gasteiger partial charge in [-0.15, -0.1) is 0 Å². The van der Waals surface area contributed by atoms with E-state index in [2.05, 4.69) is 38.1 Å². The van der Waals surface area contributed by atoms with E-state index in [-0.39, 0.29) is 18.8 Å². The second-order valence-corrected chi connectivity index (χ2v) is 8.57. The summed E-state index contributed by atoms with van der Waals surface area (Å²) in [6.07, 6.45) is 2.35. The average Bonchev–Trinajstić information content (AvgIpc) is 3.20. The van der Waals surface area contributed by atoms with Crippen molar-refractivity contribution in [3.8, 4) is 5.75 Å². The van der Waals surface area contributed by atoms with Crippen LogP contribution in [0.25, 0.3) is 0 Å². The molecule has 2 aliphatic heterocycles. The van der Waals surface area contributed by atoms with E-state index in [0.29, 0.717) is 19.4 Å². The van der Waals surface area contributed by atoms with E-state index >= 15 is 0 Å². The van der Waals surface area contributed by atoms with Gasteiger partial charge in [0.25, 0.3) is 0 Å². The summed E-state index contributed by atoms with van der Waals surface area (Å²) in [6, 6.07) is 8.69. The van der Waals surface area contributed by atoms with Crippen LogP contribution in [0.2, 0.25) is 5.02 Å². The summed E-state index contributed by atoms with van der Waals surface area (Å²) in [4.78, 5) is 0. The lowest BCUT2D eigenvalue weighted by Crippen LogP contribution is -2.33. The molecule has 0 aromatic heterocycles. The maximum atomic E-state index is 10.3. The number of hydrogen-bond donors (Lipinski definition) is 2. The highest BCUT2D eigenvalue weighted by atomic mass is 35.5. The molecule has 2 heterocycles. The predicted molar refractivity (Wildman–Crippen MR) is 114 cm³/mol. The fourth-order valence-corrected chi connectivity index (χ4v) is 4.90. The number of aryl methyl sites for hydroxylation is 2. The van der Waals surface area contributed by atoms with E-state index in [1.165, 1.54) is 16.7 Å². The summed E-state index contributed by atoms with van der Waals surface area (Å²) in [5.74, 6) is 0.798. The molecule has 0 bridgehead atoms. The summed E-state index contributed by atoms with van der Waals surface area (Å²) < 4.78 is 12.0. The van der Waals surface area contributed by atoms with Gasteiger partial charge in [-0.25, -0.2) is 0 Å². The van der Waals surface area contributed by atoms with Gasteiger partial charge in [-0.2, -0.15) is 0 Å². The third kappa shape index (κ3) is 4.17. The van der Waals surface area contributed by atoms with Crippen LogP contribution in [0.3, 0.4) is 0 Å². The van der Waals surface area contributed by atoms with Crippen molar-refractivity contribution in [3.63, 3.8) is 0 Å². The molecule has 0 spiro atoms. The largest absolute Gasteiger partial charge is 0.493 e. The number of halogens is 1. The molecule has 1 fully saturated rings. The van der Waals surface area contributed by atoms with Crippen LogP contribution in [0.4, 0.5) is 0 Å². The number of hydrogen-bond acceptors (Lipinski definition) is 4. The first-order valence-corrected chi connectivity index (χ1v) is 10.9. The standard InChI is InChI=1S/C24H29ClO4/c1-3-16-5-4-15(8-14(16)2)9-17-10-21(24-20(23(17)25)6-7-28-24)22-12-18(27)11-19(13-26)29-22/h4-5,8,10,18-19,22,26-27H,3,6-7,9,11-13H2,1-2H3. The molecule has 2 N–H and O–H groups in total. The Morgan fingerprint density at radius 3 is 2.72 bits per heavy atom. The fraction of sp³-hybridized carbons (Fsp3) is 0.500. The molecule has 2 aromatic rings. The highest BCUT2D eigenvalue weighted by molar-refractivity contribution is 6.32. The molecule has 5 heteroatoms. The van der Waals surface area contributed by atoms with Crippen LogP contribution in [-0.4, -0.2) is 35.6 Å². The van der Waals surface area contributed by atoms with E-state index in [0.717, 1.165) is 46.7 Å². The minimum Gasteiger partial charge on any atom is -0.493 e. The van der Waals surface area contributed by atoms with Crippen molar-refractivity contribution in [1.82, 2.24) is 0 Å². The highest BCUT2D eigenvalue weighted by Crippen LogP contribution is 2.44. The normalized spacial score (nSPS) is 23.7. The van der Waals surface area contributed by atoms with E-state index in [1.807, 2.05) is 0 Å². The predicted octanol–water partition coefficient (Wildman–Crippen LogP) is 4.31. The van der Waals surface area contributed by atoms with Gasteiger partial charge in [0.05, 0.1) is 36.5 Å². The zero-order chi connectivity index (χ0) is 20.5. The van der Waals surface area contributed by atoms with Crippen molar-refractivity contribution >= 4 is 11.6 Å². The Bertz CT molecular complexity index is 895. The number of fused-ring (bicyclic) bond motifs is 1. The first kappa shape index (κ1) is 20.7. The van der Waals surface area contributed by atoms with Crippen molar-refractivity contribution in [1.29, 1.82) is 0 Å². The van der Waals surface area contributed by atoms with Gasteiger partial charge >= 0.3 is 0 Å². The van der Waals surface area contributed by atoms with Crippen LogP contribution in [0.15, 0.2) is 24.3 Å². The molecule has 2 aromatic carbocycles. The second-order valence-electron chi connectivity index (χ2n) is 8.19. The first-order valence-electron chi connectivity index (χ1n) is 10.5. The summed E-state index contributed by atoms with van der Waals surface area (Å²) in [5.41, 5.74) is 6.92. The van der Waals surface area contributed by atoms with Crippen molar-refractivity contribution in [3.05, 3.63) is 62.7 Å². The van der Waals surface area contributed by atoms with Crippen LogP contribution < -0.4 is 4.74 Å². The molecule has 3 unspecified atom stereocenters. The molecule has 4 nitrogen and oxygen atoms in total. The van der Waals surface area contributed by atoms with E-state index < -0.39 is 6.10 Å². The van der Waals surface area contributed by atoms with Crippen molar-refractivity contribution in [2.24, 2.45) is 0 Å². The lowest BCUT2D eigenvalue weighted by molar-refractivity contribution is -0.114. The Balaban J connectivity index is 1.70. The van der Waals surface area contributed by atoms with Crippen LogP contribution in [0.5, 0.6) is 5.75 Å². The molecule has 0 saturated carbocycles. The summed E-state index contributed by atoms with van der Waals surface area (Å²) >= 11 is 6.79. The highest BCUT2D eigenvalue weighted by Gasteiger charge is 2.34. The topological polar surface area (TPSA) is 58.9 Å². The maximum Gasteiger partial charge on any atom is 0.129 e. The summed E-state index contributed by atoms with van der Waals surface area (Å²) in [7, 11) is 0. The number of aliphatic hydroxyl groups excluding tert-OH is 2. The molecule has 29 heavy (non-hydrogen) atoms. The molecular formula is C24H29ClO4. The number of rotatable bonds is 5. The van der Waals surface area contributed by atoms with E-state index in [4.69, 9.17) is 21.1 Å². The Morgan fingerprint density at radius 2 is 2.00 bits per heavy atom. The fourth-order valence-electron chi connectivity index (χ4n) is 4.59. The monoisotopic (exact) mass is 416 g/mol. The molecule has 1 saturated heterocycles. The Labute approximate surface area is 177 Å². The van der Waals surface area contributed by atoms with Gasteiger partial charge in [0.15, 0.2) is 0 Å². The SMILES string of the molecule is CCc1ccc(Cc2cc(C3CC(O)CC(CO)O3)c3c(c2Cl)CCO3)cc1C. The van der Waals surface area contributed by atoms with Crippen LogP contribution in [0.1, 0.15) is 59.3 Å². The molecule has 156 valence electrons. The smallest absolute Gasteiger partial charge is 0.129 e. The van der Waals surface area contributed by atoms with Crippen molar-refractivity contribution in [2.75, 3.05) is 13.2 Å². The zero-order valence-electron chi connectivity index (χ0n) is 17.1.